The molecule has 0 fully saturated rings. The molecule has 0 bridgehead atoms. The Bertz CT molecular complexity index is 343. The molecule has 4 nitrogen and oxygen atoms in total. The fourth-order valence-corrected chi connectivity index (χ4v) is 2.87. The summed E-state index contributed by atoms with van der Waals surface area (Å²) in [5.41, 5.74) is 0.233. The van der Waals surface area contributed by atoms with E-state index in [1.807, 2.05) is 18.9 Å². The van der Waals surface area contributed by atoms with Crippen molar-refractivity contribution in [3.63, 3.8) is 0 Å². The van der Waals surface area contributed by atoms with Crippen molar-refractivity contribution in [3.05, 3.63) is 0 Å². The minimum atomic E-state index is 0.00636. The van der Waals surface area contributed by atoms with Gasteiger partial charge in [-0.25, -0.2) is 0 Å². The van der Waals surface area contributed by atoms with Gasteiger partial charge in [-0.2, -0.15) is 0 Å². The molecule has 0 radical (unpaired) electrons. The molecule has 4 heteroatoms. The molecule has 1 amide bonds. The van der Waals surface area contributed by atoms with Crippen LogP contribution < -0.4 is 5.32 Å². The number of Topliss-reactive ketones (excluding diaryl/α,β-unsaturated/α-hetero) is 1. The van der Waals surface area contributed by atoms with Crippen molar-refractivity contribution in [2.45, 2.75) is 60.8 Å². The molecule has 0 atom stereocenters. The molecule has 0 spiro atoms. The van der Waals surface area contributed by atoms with E-state index in [1.165, 1.54) is 0 Å². The predicted octanol–water partition coefficient (Wildman–Crippen LogP) is 2.87. The first-order valence-corrected chi connectivity index (χ1v) is 7.92. The maximum atomic E-state index is 12.0. The number of nitrogens with zero attached hydrogens (tertiary/aromatic N) is 1. The van der Waals surface area contributed by atoms with Crippen LogP contribution in [0.25, 0.3) is 0 Å². The van der Waals surface area contributed by atoms with Crippen LogP contribution in [0, 0.1) is 10.8 Å². The zero-order valence-electron chi connectivity index (χ0n) is 15.0. The number of hydrogen-bond donors (Lipinski definition) is 1. The van der Waals surface area contributed by atoms with Crippen LogP contribution >= 0.6 is 0 Å². The van der Waals surface area contributed by atoms with Crippen molar-refractivity contribution in [2.75, 3.05) is 26.7 Å². The zero-order chi connectivity index (χ0) is 16.7. The van der Waals surface area contributed by atoms with Crippen LogP contribution in [0.15, 0.2) is 0 Å². The summed E-state index contributed by atoms with van der Waals surface area (Å²) in [6, 6.07) is 0. The fourth-order valence-electron chi connectivity index (χ4n) is 2.87. The molecule has 0 aliphatic carbocycles. The third-order valence-electron chi connectivity index (χ3n) is 3.30. The molecular weight excluding hydrogens is 264 g/mol. The van der Waals surface area contributed by atoms with Gasteiger partial charge in [0.05, 0.1) is 6.54 Å². The first kappa shape index (κ1) is 20.1. The SMILES string of the molecule is CCC(=O)CN(C)CCNC(=O)CC(C)(C)CC(C)(C)C. The second-order valence-electron chi connectivity index (χ2n) is 8.06. The van der Waals surface area contributed by atoms with Gasteiger partial charge in [-0.15, -0.1) is 0 Å². The first-order chi connectivity index (χ1) is 9.45. The zero-order valence-corrected chi connectivity index (χ0v) is 15.0. The second kappa shape index (κ2) is 8.52. The number of ketones is 1. The van der Waals surface area contributed by atoms with E-state index < -0.39 is 0 Å². The maximum absolute atomic E-state index is 12.0. The number of rotatable bonds is 9. The molecule has 0 saturated heterocycles. The molecule has 0 rings (SSSR count). The molecule has 0 aromatic carbocycles. The monoisotopic (exact) mass is 298 g/mol. The standard InChI is InChI=1S/C17H34N2O2/c1-8-14(20)12-19(7)10-9-18-15(21)11-17(5,6)13-16(2,3)4/h8-13H2,1-7H3,(H,18,21). The Balaban J connectivity index is 4.02. The third kappa shape index (κ3) is 11.4. The minimum Gasteiger partial charge on any atom is -0.355 e. The van der Waals surface area contributed by atoms with Crippen molar-refractivity contribution >= 4 is 11.7 Å². The Morgan fingerprint density at radius 2 is 1.67 bits per heavy atom. The van der Waals surface area contributed by atoms with Crippen LogP contribution in [0.5, 0.6) is 0 Å². The van der Waals surface area contributed by atoms with Gasteiger partial charge in [0.15, 0.2) is 0 Å². The summed E-state index contributed by atoms with van der Waals surface area (Å²) in [5.74, 6) is 0.328. The van der Waals surface area contributed by atoms with Gasteiger partial charge >= 0.3 is 0 Å². The van der Waals surface area contributed by atoms with Crippen molar-refractivity contribution in [1.82, 2.24) is 10.2 Å². The van der Waals surface area contributed by atoms with Gasteiger partial charge in [-0.1, -0.05) is 41.5 Å². The largest absolute Gasteiger partial charge is 0.355 e. The lowest BCUT2D eigenvalue weighted by molar-refractivity contribution is -0.123. The first-order valence-electron chi connectivity index (χ1n) is 7.92. The summed E-state index contributed by atoms with van der Waals surface area (Å²) in [5, 5.41) is 2.95. The van der Waals surface area contributed by atoms with Crippen molar-refractivity contribution in [2.24, 2.45) is 10.8 Å². The highest BCUT2D eigenvalue weighted by atomic mass is 16.1. The van der Waals surface area contributed by atoms with Gasteiger partial charge in [0, 0.05) is 25.9 Å². The molecule has 0 saturated carbocycles. The molecular formula is C17H34N2O2. The Morgan fingerprint density at radius 1 is 1.10 bits per heavy atom. The van der Waals surface area contributed by atoms with Crippen molar-refractivity contribution < 1.29 is 9.59 Å². The van der Waals surface area contributed by atoms with E-state index in [-0.39, 0.29) is 22.5 Å². The minimum absolute atomic E-state index is 0.00636. The Labute approximate surface area is 130 Å². The molecule has 0 heterocycles. The lowest BCUT2D eigenvalue weighted by Crippen LogP contribution is -2.37. The number of amides is 1. The van der Waals surface area contributed by atoms with Gasteiger partial charge in [-0.05, 0) is 24.3 Å². The van der Waals surface area contributed by atoms with Crippen LogP contribution in [0.4, 0.5) is 0 Å². The fraction of sp³-hybridized carbons (Fsp3) is 0.882. The smallest absolute Gasteiger partial charge is 0.220 e. The van der Waals surface area contributed by atoms with Gasteiger partial charge in [0.2, 0.25) is 5.91 Å². The third-order valence-corrected chi connectivity index (χ3v) is 3.30. The van der Waals surface area contributed by atoms with Gasteiger partial charge in [0.25, 0.3) is 0 Å². The molecule has 21 heavy (non-hydrogen) atoms. The number of carbonyl (C=O) groups excluding carboxylic acids is 2. The normalized spacial score (nSPS) is 12.6. The summed E-state index contributed by atoms with van der Waals surface area (Å²) in [7, 11) is 1.91. The lowest BCUT2D eigenvalue weighted by atomic mass is 9.74. The molecule has 124 valence electrons. The number of nitrogens with one attached hydrogen (secondary N) is 1. The lowest BCUT2D eigenvalue weighted by Gasteiger charge is -2.32. The van der Waals surface area contributed by atoms with Crippen molar-refractivity contribution in [3.8, 4) is 0 Å². The Morgan fingerprint density at radius 3 is 2.14 bits per heavy atom. The molecule has 0 aromatic heterocycles. The predicted molar refractivity (Wildman–Crippen MR) is 88.3 cm³/mol. The van der Waals surface area contributed by atoms with E-state index in [0.29, 0.717) is 32.5 Å². The molecule has 0 aliphatic heterocycles. The quantitative estimate of drug-likeness (QED) is 0.712. The molecule has 0 unspecified atom stereocenters. The van der Waals surface area contributed by atoms with E-state index >= 15 is 0 Å². The molecule has 0 aromatic rings. The molecule has 1 N–H and O–H groups in total. The second-order valence-corrected chi connectivity index (χ2v) is 8.06. The van der Waals surface area contributed by atoms with Crippen LogP contribution in [0.1, 0.15) is 60.8 Å². The number of hydrogen-bond acceptors (Lipinski definition) is 3. The highest BCUT2D eigenvalue weighted by Gasteiger charge is 2.27. The maximum Gasteiger partial charge on any atom is 0.220 e. The number of carbonyl (C=O) groups is 2. The average Bonchev–Trinajstić information content (AvgIpc) is 2.24. The Hall–Kier alpha value is -0.900. The van der Waals surface area contributed by atoms with E-state index in [9.17, 15) is 9.59 Å². The van der Waals surface area contributed by atoms with Gasteiger partial charge in [-0.3, -0.25) is 14.5 Å². The topological polar surface area (TPSA) is 49.4 Å². The van der Waals surface area contributed by atoms with E-state index in [0.717, 1.165) is 6.42 Å². The van der Waals surface area contributed by atoms with Gasteiger partial charge < -0.3 is 5.32 Å². The van der Waals surface area contributed by atoms with E-state index in [1.54, 1.807) is 0 Å². The summed E-state index contributed by atoms with van der Waals surface area (Å²) in [6.45, 7) is 14.5. The van der Waals surface area contributed by atoms with Gasteiger partial charge in [0.1, 0.15) is 5.78 Å². The number of likely N-dealkylation sites (N-methyl/N-ethyl adjacent to an activating group) is 1. The van der Waals surface area contributed by atoms with Crippen LogP contribution in [-0.4, -0.2) is 43.3 Å². The van der Waals surface area contributed by atoms with Crippen LogP contribution in [0.2, 0.25) is 0 Å². The summed E-state index contributed by atoms with van der Waals surface area (Å²) < 4.78 is 0. The Kier molecular flexibility index (Phi) is 8.16. The highest BCUT2D eigenvalue weighted by Crippen LogP contribution is 2.35. The summed E-state index contributed by atoms with van der Waals surface area (Å²) in [4.78, 5) is 25.3. The van der Waals surface area contributed by atoms with Crippen LogP contribution in [0.3, 0.4) is 0 Å². The van der Waals surface area contributed by atoms with E-state index in [4.69, 9.17) is 0 Å². The van der Waals surface area contributed by atoms with E-state index in [2.05, 4.69) is 39.9 Å². The summed E-state index contributed by atoms with van der Waals surface area (Å²) in [6.07, 6.45) is 2.12. The van der Waals surface area contributed by atoms with Crippen molar-refractivity contribution in [1.29, 1.82) is 0 Å². The average molecular weight is 298 g/mol. The molecule has 0 aliphatic rings. The van der Waals surface area contributed by atoms with Crippen LogP contribution in [-0.2, 0) is 9.59 Å². The summed E-state index contributed by atoms with van der Waals surface area (Å²) >= 11 is 0. The highest BCUT2D eigenvalue weighted by molar-refractivity contribution is 5.80.